The first-order chi connectivity index (χ1) is 9.58. The minimum Gasteiger partial charge on any atom is -0.508 e. The summed E-state index contributed by atoms with van der Waals surface area (Å²) in [6.45, 7) is 1.74. The van der Waals surface area contributed by atoms with Crippen molar-refractivity contribution in [2.75, 3.05) is 0 Å². The molecular weight excluding hydrogens is 276 g/mol. The number of nitrogens with zero attached hydrogens (tertiary/aromatic N) is 1. The number of benzene rings is 2. The van der Waals surface area contributed by atoms with E-state index >= 15 is 0 Å². The Hall–Kier alpha value is -2.33. The molecule has 4 nitrogen and oxygen atoms in total. The number of hydrogen-bond donors (Lipinski definition) is 2. The maximum absolute atomic E-state index is 11.9. The Balaban J connectivity index is 2.13. The number of aromatic hydroxyl groups is 1. The molecule has 0 heterocycles. The molecular formula is C15H13ClN2O2. The maximum atomic E-state index is 11.9. The minimum atomic E-state index is -0.380. The highest BCUT2D eigenvalue weighted by Gasteiger charge is 2.08. The summed E-state index contributed by atoms with van der Waals surface area (Å²) in [7, 11) is 0. The summed E-state index contributed by atoms with van der Waals surface area (Å²) in [6.07, 6.45) is 0. The molecule has 2 aromatic carbocycles. The van der Waals surface area contributed by atoms with E-state index in [1.54, 1.807) is 55.5 Å². The number of carbonyl (C=O) groups excluding carboxylic acids is 1. The molecule has 0 aliphatic rings. The molecule has 0 saturated heterocycles. The summed E-state index contributed by atoms with van der Waals surface area (Å²) in [4.78, 5) is 11.9. The smallest absolute Gasteiger partial charge is 0.272 e. The molecule has 5 heteroatoms. The molecule has 102 valence electrons. The van der Waals surface area contributed by atoms with Crippen molar-refractivity contribution in [2.45, 2.75) is 6.92 Å². The Morgan fingerprint density at radius 2 is 1.95 bits per heavy atom. The van der Waals surface area contributed by atoms with Gasteiger partial charge in [0.25, 0.3) is 5.91 Å². The molecule has 20 heavy (non-hydrogen) atoms. The van der Waals surface area contributed by atoms with Gasteiger partial charge in [0.05, 0.1) is 16.3 Å². The molecule has 0 radical (unpaired) electrons. The summed E-state index contributed by atoms with van der Waals surface area (Å²) in [5.74, 6) is -0.232. The third-order valence-corrected chi connectivity index (χ3v) is 3.04. The van der Waals surface area contributed by atoms with Crippen LogP contribution in [0.3, 0.4) is 0 Å². The largest absolute Gasteiger partial charge is 0.508 e. The van der Waals surface area contributed by atoms with E-state index in [9.17, 15) is 9.90 Å². The molecule has 0 bridgehead atoms. The fourth-order valence-electron chi connectivity index (χ4n) is 1.64. The van der Waals surface area contributed by atoms with Gasteiger partial charge in [-0.05, 0) is 31.2 Å². The lowest BCUT2D eigenvalue weighted by Gasteiger charge is -2.04. The molecule has 0 aromatic heterocycles. The van der Waals surface area contributed by atoms with Gasteiger partial charge in [-0.1, -0.05) is 35.9 Å². The zero-order valence-corrected chi connectivity index (χ0v) is 11.6. The third kappa shape index (κ3) is 3.36. The predicted molar refractivity (Wildman–Crippen MR) is 79.2 cm³/mol. The van der Waals surface area contributed by atoms with Gasteiger partial charge < -0.3 is 5.11 Å². The van der Waals surface area contributed by atoms with E-state index in [1.165, 1.54) is 0 Å². The molecule has 1 amide bonds. The first kappa shape index (κ1) is 14.1. The quantitative estimate of drug-likeness (QED) is 0.673. The average molecular weight is 289 g/mol. The number of nitrogens with one attached hydrogen (secondary N) is 1. The van der Waals surface area contributed by atoms with Crippen molar-refractivity contribution < 1.29 is 9.90 Å². The van der Waals surface area contributed by atoms with Gasteiger partial charge in [0.1, 0.15) is 5.75 Å². The number of rotatable bonds is 3. The second-order valence-electron chi connectivity index (χ2n) is 4.17. The molecule has 2 rings (SSSR count). The average Bonchev–Trinajstić information content (AvgIpc) is 2.45. The van der Waals surface area contributed by atoms with Crippen LogP contribution in [0, 0.1) is 0 Å². The minimum absolute atomic E-state index is 0.148. The van der Waals surface area contributed by atoms with Crippen LogP contribution in [-0.4, -0.2) is 16.7 Å². The Bertz CT molecular complexity index is 668. The highest BCUT2D eigenvalue weighted by atomic mass is 35.5. The van der Waals surface area contributed by atoms with E-state index in [-0.39, 0.29) is 11.7 Å². The van der Waals surface area contributed by atoms with Crippen LogP contribution < -0.4 is 5.43 Å². The summed E-state index contributed by atoms with van der Waals surface area (Å²) in [5, 5.41) is 13.8. The number of hydrazone groups is 1. The van der Waals surface area contributed by atoms with Crippen LogP contribution in [0.5, 0.6) is 5.75 Å². The monoisotopic (exact) mass is 288 g/mol. The molecule has 0 atom stereocenters. The van der Waals surface area contributed by atoms with Crippen molar-refractivity contribution in [1.82, 2.24) is 5.43 Å². The fraction of sp³-hybridized carbons (Fsp3) is 0.0667. The predicted octanol–water partition coefficient (Wildman–Crippen LogP) is 3.20. The van der Waals surface area contributed by atoms with Gasteiger partial charge in [-0.2, -0.15) is 5.10 Å². The van der Waals surface area contributed by atoms with Crippen LogP contribution in [0.25, 0.3) is 0 Å². The number of hydrogen-bond acceptors (Lipinski definition) is 3. The van der Waals surface area contributed by atoms with Gasteiger partial charge in [0.15, 0.2) is 0 Å². The molecule has 2 aromatic rings. The summed E-state index contributed by atoms with van der Waals surface area (Å²) in [6, 6.07) is 13.4. The van der Waals surface area contributed by atoms with E-state index in [2.05, 4.69) is 10.5 Å². The lowest BCUT2D eigenvalue weighted by atomic mass is 10.1. The Labute approximate surface area is 121 Å². The van der Waals surface area contributed by atoms with E-state index < -0.39 is 0 Å². The van der Waals surface area contributed by atoms with Crippen LogP contribution in [-0.2, 0) is 0 Å². The van der Waals surface area contributed by atoms with Crippen molar-refractivity contribution in [3.8, 4) is 5.75 Å². The first-order valence-corrected chi connectivity index (χ1v) is 6.34. The SMILES string of the molecule is C/C(=N\NC(=O)c1ccccc1Cl)c1cccc(O)c1. The Kier molecular flexibility index (Phi) is 4.38. The fourth-order valence-corrected chi connectivity index (χ4v) is 1.86. The normalized spacial score (nSPS) is 11.2. The van der Waals surface area contributed by atoms with Crippen LogP contribution >= 0.6 is 11.6 Å². The van der Waals surface area contributed by atoms with Crippen molar-refractivity contribution in [3.05, 3.63) is 64.7 Å². The van der Waals surface area contributed by atoms with Crippen molar-refractivity contribution in [3.63, 3.8) is 0 Å². The molecule has 0 spiro atoms. The van der Waals surface area contributed by atoms with Crippen molar-refractivity contribution in [1.29, 1.82) is 0 Å². The highest BCUT2D eigenvalue weighted by Crippen LogP contribution is 2.15. The van der Waals surface area contributed by atoms with Crippen LogP contribution in [0.1, 0.15) is 22.8 Å². The lowest BCUT2D eigenvalue weighted by Crippen LogP contribution is -2.19. The topological polar surface area (TPSA) is 61.7 Å². The zero-order chi connectivity index (χ0) is 14.5. The van der Waals surface area contributed by atoms with Gasteiger partial charge in [0, 0.05) is 5.56 Å². The number of phenolic OH excluding ortho intramolecular Hbond substituents is 1. The zero-order valence-electron chi connectivity index (χ0n) is 10.8. The second-order valence-corrected chi connectivity index (χ2v) is 4.58. The van der Waals surface area contributed by atoms with Gasteiger partial charge in [-0.3, -0.25) is 4.79 Å². The van der Waals surface area contributed by atoms with Crippen LogP contribution in [0.15, 0.2) is 53.6 Å². The molecule has 0 saturated carbocycles. The lowest BCUT2D eigenvalue weighted by molar-refractivity contribution is 0.0955. The summed E-state index contributed by atoms with van der Waals surface area (Å²) < 4.78 is 0. The summed E-state index contributed by atoms with van der Waals surface area (Å²) in [5.41, 5.74) is 4.11. The van der Waals surface area contributed by atoms with Gasteiger partial charge in [-0.15, -0.1) is 0 Å². The van der Waals surface area contributed by atoms with Gasteiger partial charge >= 0.3 is 0 Å². The van der Waals surface area contributed by atoms with Gasteiger partial charge in [-0.25, -0.2) is 5.43 Å². The molecule has 2 N–H and O–H groups in total. The standard InChI is InChI=1S/C15H13ClN2O2/c1-10(11-5-4-6-12(19)9-11)17-18-15(20)13-7-2-3-8-14(13)16/h2-9,19H,1H3,(H,18,20)/b17-10+. The van der Waals surface area contributed by atoms with Crippen molar-refractivity contribution >= 4 is 23.2 Å². The third-order valence-electron chi connectivity index (χ3n) is 2.71. The molecule has 0 fully saturated rings. The number of phenols is 1. The van der Waals surface area contributed by atoms with Crippen LogP contribution in [0.2, 0.25) is 5.02 Å². The number of halogens is 1. The molecule has 0 unspecified atom stereocenters. The summed E-state index contributed by atoms with van der Waals surface area (Å²) >= 11 is 5.93. The van der Waals surface area contributed by atoms with E-state index in [1.807, 2.05) is 0 Å². The maximum Gasteiger partial charge on any atom is 0.272 e. The van der Waals surface area contributed by atoms with Crippen LogP contribution in [0.4, 0.5) is 0 Å². The number of carbonyl (C=O) groups is 1. The highest BCUT2D eigenvalue weighted by molar-refractivity contribution is 6.33. The molecule has 0 aliphatic heterocycles. The van der Waals surface area contributed by atoms with E-state index in [0.717, 1.165) is 5.56 Å². The number of amides is 1. The van der Waals surface area contributed by atoms with E-state index in [4.69, 9.17) is 11.6 Å². The second kappa shape index (κ2) is 6.21. The Morgan fingerprint density at radius 1 is 1.20 bits per heavy atom. The van der Waals surface area contributed by atoms with Crippen molar-refractivity contribution in [2.24, 2.45) is 5.10 Å². The van der Waals surface area contributed by atoms with Gasteiger partial charge in [0.2, 0.25) is 0 Å². The Morgan fingerprint density at radius 3 is 2.65 bits per heavy atom. The van der Waals surface area contributed by atoms with E-state index in [0.29, 0.717) is 16.3 Å². The molecule has 0 aliphatic carbocycles. The first-order valence-electron chi connectivity index (χ1n) is 5.96.